The summed E-state index contributed by atoms with van der Waals surface area (Å²) in [5.41, 5.74) is 0.899. The molecule has 0 aromatic carbocycles. The molecule has 1 aliphatic rings. The van der Waals surface area contributed by atoms with Gasteiger partial charge in [0.2, 0.25) is 0 Å². The number of nitrogens with zero attached hydrogens (tertiary/aromatic N) is 2. The molecule has 0 amide bonds. The lowest BCUT2D eigenvalue weighted by Gasteiger charge is -2.21. The molecule has 5 heteroatoms. The Bertz CT molecular complexity index is 627. The van der Waals surface area contributed by atoms with Crippen molar-refractivity contribution in [3.05, 3.63) is 30.1 Å². The van der Waals surface area contributed by atoms with E-state index in [-0.39, 0.29) is 5.69 Å². The molecule has 2 N–H and O–H groups in total. The number of carbonyl (C=O) groups is 1. The van der Waals surface area contributed by atoms with E-state index in [1.165, 1.54) is 32.1 Å². The van der Waals surface area contributed by atoms with Crippen molar-refractivity contribution >= 4 is 17.4 Å². The second kappa shape index (κ2) is 6.16. The Kier molecular flexibility index (Phi) is 4.08. The van der Waals surface area contributed by atoms with Crippen LogP contribution >= 0.6 is 0 Å². The van der Waals surface area contributed by atoms with E-state index in [9.17, 15) is 9.90 Å². The van der Waals surface area contributed by atoms with Gasteiger partial charge in [-0.3, -0.25) is 4.40 Å². The maximum atomic E-state index is 11.6. The molecule has 3 rings (SSSR count). The van der Waals surface area contributed by atoms with Gasteiger partial charge in [-0.2, -0.15) is 0 Å². The normalized spacial score (nSPS) is 17.3. The van der Waals surface area contributed by atoms with E-state index < -0.39 is 5.97 Å². The van der Waals surface area contributed by atoms with E-state index in [1.54, 1.807) is 10.6 Å². The zero-order valence-corrected chi connectivity index (χ0v) is 12.1. The monoisotopic (exact) mass is 287 g/mol. The highest BCUT2D eigenvalue weighted by molar-refractivity contribution is 5.93. The van der Waals surface area contributed by atoms with Gasteiger partial charge in [0.15, 0.2) is 11.5 Å². The van der Waals surface area contributed by atoms with Gasteiger partial charge in [0.05, 0.1) is 0 Å². The average molecular weight is 287 g/mol. The van der Waals surface area contributed by atoms with E-state index in [0.29, 0.717) is 17.5 Å². The first-order valence-electron chi connectivity index (χ1n) is 7.72. The number of pyridine rings is 1. The van der Waals surface area contributed by atoms with Crippen molar-refractivity contribution in [2.75, 3.05) is 5.32 Å². The third-order valence-corrected chi connectivity index (χ3v) is 4.18. The second-order valence-corrected chi connectivity index (χ2v) is 5.73. The van der Waals surface area contributed by atoms with Crippen molar-refractivity contribution in [1.29, 1.82) is 0 Å². The first-order valence-corrected chi connectivity index (χ1v) is 7.72. The molecule has 0 unspecified atom stereocenters. The maximum absolute atomic E-state index is 11.6. The van der Waals surface area contributed by atoms with E-state index in [2.05, 4.69) is 10.3 Å². The molecule has 2 aromatic heterocycles. The number of rotatable bonds is 3. The van der Waals surface area contributed by atoms with Gasteiger partial charge >= 0.3 is 5.97 Å². The standard InChI is InChI=1S/C16H21N3O2/c20-16(21)14-15(18-13-10-6-7-11-19(13)14)17-12-8-4-2-1-3-5-9-12/h6-7,10-12,17H,1-5,8-9H2,(H,20,21). The summed E-state index contributed by atoms with van der Waals surface area (Å²) >= 11 is 0. The van der Waals surface area contributed by atoms with Crippen LogP contribution < -0.4 is 5.32 Å². The fraction of sp³-hybridized carbons (Fsp3) is 0.500. The minimum atomic E-state index is -0.943. The molecule has 2 heterocycles. The number of aromatic carboxylic acids is 1. The van der Waals surface area contributed by atoms with Crippen molar-refractivity contribution in [3.63, 3.8) is 0 Å². The number of fused-ring (bicyclic) bond motifs is 1. The predicted molar refractivity (Wildman–Crippen MR) is 81.9 cm³/mol. The van der Waals surface area contributed by atoms with Crippen LogP contribution in [-0.4, -0.2) is 26.5 Å². The van der Waals surface area contributed by atoms with Crippen LogP contribution in [-0.2, 0) is 0 Å². The van der Waals surface area contributed by atoms with Gasteiger partial charge < -0.3 is 10.4 Å². The highest BCUT2D eigenvalue weighted by atomic mass is 16.4. The summed E-state index contributed by atoms with van der Waals surface area (Å²) in [6.07, 6.45) is 10.2. The zero-order chi connectivity index (χ0) is 14.7. The largest absolute Gasteiger partial charge is 0.476 e. The molecule has 0 aliphatic heterocycles. The molecule has 0 radical (unpaired) electrons. The topological polar surface area (TPSA) is 66.6 Å². The lowest BCUT2D eigenvalue weighted by molar-refractivity contribution is 0.0690. The highest BCUT2D eigenvalue weighted by Crippen LogP contribution is 2.23. The van der Waals surface area contributed by atoms with E-state index >= 15 is 0 Å². The average Bonchev–Trinajstić information content (AvgIpc) is 2.79. The third-order valence-electron chi connectivity index (χ3n) is 4.18. The Labute approximate surface area is 124 Å². The van der Waals surface area contributed by atoms with Crippen LogP contribution in [0.25, 0.3) is 5.65 Å². The van der Waals surface area contributed by atoms with Crippen molar-refractivity contribution < 1.29 is 9.90 Å². The fourth-order valence-electron chi connectivity index (χ4n) is 3.09. The van der Waals surface area contributed by atoms with Crippen molar-refractivity contribution in [1.82, 2.24) is 9.38 Å². The number of carboxylic acids is 1. The summed E-state index contributed by atoms with van der Waals surface area (Å²) in [6, 6.07) is 5.85. The number of nitrogens with one attached hydrogen (secondary N) is 1. The molecule has 112 valence electrons. The molecular weight excluding hydrogens is 266 g/mol. The maximum Gasteiger partial charge on any atom is 0.356 e. The van der Waals surface area contributed by atoms with Crippen molar-refractivity contribution in [3.8, 4) is 0 Å². The number of aromatic nitrogens is 2. The second-order valence-electron chi connectivity index (χ2n) is 5.73. The lowest BCUT2D eigenvalue weighted by atomic mass is 9.97. The molecule has 1 saturated carbocycles. The SMILES string of the molecule is O=C(O)c1c(NC2CCCCCCC2)nc2ccccn12. The smallest absolute Gasteiger partial charge is 0.356 e. The zero-order valence-electron chi connectivity index (χ0n) is 12.1. The van der Waals surface area contributed by atoms with Crippen LogP contribution in [0.3, 0.4) is 0 Å². The van der Waals surface area contributed by atoms with Gasteiger partial charge in [-0.1, -0.05) is 38.2 Å². The van der Waals surface area contributed by atoms with Crippen molar-refractivity contribution in [2.24, 2.45) is 0 Å². The Hall–Kier alpha value is -2.04. The molecule has 5 nitrogen and oxygen atoms in total. The third kappa shape index (κ3) is 3.01. The number of hydrogen-bond acceptors (Lipinski definition) is 3. The first kappa shape index (κ1) is 13.9. The van der Waals surface area contributed by atoms with Crippen LogP contribution in [0.5, 0.6) is 0 Å². The quantitative estimate of drug-likeness (QED) is 0.906. The number of anilines is 1. The number of carboxylic acid groups (broad SMARTS) is 1. The van der Waals surface area contributed by atoms with Crippen LogP contribution in [0, 0.1) is 0 Å². The molecule has 0 atom stereocenters. The summed E-state index contributed by atoms with van der Waals surface area (Å²) < 4.78 is 1.63. The summed E-state index contributed by atoms with van der Waals surface area (Å²) in [7, 11) is 0. The molecule has 1 aliphatic carbocycles. The minimum Gasteiger partial charge on any atom is -0.476 e. The summed E-state index contributed by atoms with van der Waals surface area (Å²) in [5, 5.41) is 12.9. The minimum absolute atomic E-state index is 0.229. The Morgan fingerprint density at radius 2 is 1.90 bits per heavy atom. The van der Waals surface area contributed by atoms with Gasteiger partial charge in [-0.25, -0.2) is 9.78 Å². The van der Waals surface area contributed by atoms with Gasteiger partial charge in [0, 0.05) is 12.2 Å². The van der Waals surface area contributed by atoms with Crippen LogP contribution in [0.1, 0.15) is 55.4 Å². The Balaban J connectivity index is 1.88. The summed E-state index contributed by atoms with van der Waals surface area (Å²) in [5.74, 6) is -0.443. The van der Waals surface area contributed by atoms with Gasteiger partial charge in [0.25, 0.3) is 0 Å². The van der Waals surface area contributed by atoms with Crippen molar-refractivity contribution in [2.45, 2.75) is 51.0 Å². The highest BCUT2D eigenvalue weighted by Gasteiger charge is 2.21. The molecule has 0 spiro atoms. The Morgan fingerprint density at radius 3 is 2.62 bits per heavy atom. The van der Waals surface area contributed by atoms with E-state index in [4.69, 9.17) is 0 Å². The van der Waals surface area contributed by atoms with Crippen LogP contribution in [0.15, 0.2) is 24.4 Å². The molecule has 0 bridgehead atoms. The Morgan fingerprint density at radius 1 is 1.19 bits per heavy atom. The lowest BCUT2D eigenvalue weighted by Crippen LogP contribution is -2.22. The summed E-state index contributed by atoms with van der Waals surface area (Å²) in [4.78, 5) is 16.0. The van der Waals surface area contributed by atoms with Crippen LogP contribution in [0.2, 0.25) is 0 Å². The molecule has 1 fully saturated rings. The molecule has 0 saturated heterocycles. The first-order chi connectivity index (χ1) is 10.3. The number of imidazole rings is 1. The van der Waals surface area contributed by atoms with Gasteiger partial charge in [-0.15, -0.1) is 0 Å². The predicted octanol–water partition coefficient (Wildman–Crippen LogP) is 3.56. The fourth-order valence-corrected chi connectivity index (χ4v) is 3.09. The van der Waals surface area contributed by atoms with E-state index in [1.807, 2.05) is 18.2 Å². The molecule has 21 heavy (non-hydrogen) atoms. The van der Waals surface area contributed by atoms with E-state index in [0.717, 1.165) is 12.8 Å². The molecular formula is C16H21N3O2. The van der Waals surface area contributed by atoms with Gasteiger partial charge in [0.1, 0.15) is 5.65 Å². The summed E-state index contributed by atoms with van der Waals surface area (Å²) in [6.45, 7) is 0. The van der Waals surface area contributed by atoms with Gasteiger partial charge in [-0.05, 0) is 25.0 Å². The number of hydrogen-bond donors (Lipinski definition) is 2. The molecule has 2 aromatic rings. The van der Waals surface area contributed by atoms with Crippen LogP contribution in [0.4, 0.5) is 5.82 Å².